The van der Waals surface area contributed by atoms with Gasteiger partial charge in [0.15, 0.2) is 0 Å². The Morgan fingerprint density at radius 2 is 1.90 bits per heavy atom. The van der Waals surface area contributed by atoms with E-state index in [4.69, 9.17) is 0 Å². The monoisotopic (exact) mass is 389 g/mol. The normalized spacial score (nSPS) is 14.7. The highest BCUT2D eigenvalue weighted by Gasteiger charge is 2.23. The van der Waals surface area contributed by atoms with Crippen molar-refractivity contribution in [3.63, 3.8) is 0 Å². The van der Waals surface area contributed by atoms with Crippen LogP contribution in [0.4, 0.5) is 0 Å². The second kappa shape index (κ2) is 8.36. The Balaban J connectivity index is 1.41. The number of amides is 1. The van der Waals surface area contributed by atoms with E-state index in [0.29, 0.717) is 18.7 Å². The number of benzene rings is 1. The molecular formula is C22H23N5O2. The summed E-state index contributed by atoms with van der Waals surface area (Å²) in [4.78, 5) is 39.2. The van der Waals surface area contributed by atoms with E-state index in [0.717, 1.165) is 36.5 Å². The van der Waals surface area contributed by atoms with Crippen LogP contribution in [-0.2, 0) is 6.54 Å². The molecule has 0 aliphatic carbocycles. The molecule has 1 fully saturated rings. The SMILES string of the molecule is Cc1cccnc1CN1CCN(C(=O)c2cccc(-c3cnc(=O)[nH]c3)c2)CC1. The lowest BCUT2D eigenvalue weighted by atomic mass is 10.0. The molecule has 0 atom stereocenters. The van der Waals surface area contributed by atoms with Crippen LogP contribution in [-0.4, -0.2) is 56.8 Å². The first kappa shape index (κ1) is 19.0. The Bertz CT molecular complexity index is 1050. The first-order chi connectivity index (χ1) is 14.1. The van der Waals surface area contributed by atoms with Gasteiger partial charge in [0.25, 0.3) is 5.91 Å². The summed E-state index contributed by atoms with van der Waals surface area (Å²) < 4.78 is 0. The van der Waals surface area contributed by atoms with Crippen molar-refractivity contribution in [2.75, 3.05) is 26.2 Å². The maximum Gasteiger partial charge on any atom is 0.344 e. The number of piperazine rings is 1. The van der Waals surface area contributed by atoms with Crippen LogP contribution in [0.1, 0.15) is 21.6 Å². The zero-order valence-electron chi connectivity index (χ0n) is 16.3. The van der Waals surface area contributed by atoms with Crippen LogP contribution in [0.5, 0.6) is 0 Å². The smallest absolute Gasteiger partial charge is 0.336 e. The van der Waals surface area contributed by atoms with E-state index >= 15 is 0 Å². The lowest BCUT2D eigenvalue weighted by Gasteiger charge is -2.34. The number of aromatic nitrogens is 3. The molecule has 0 spiro atoms. The molecule has 7 nitrogen and oxygen atoms in total. The van der Waals surface area contributed by atoms with E-state index in [9.17, 15) is 9.59 Å². The molecule has 4 rings (SSSR count). The van der Waals surface area contributed by atoms with E-state index in [2.05, 4.69) is 32.8 Å². The fourth-order valence-corrected chi connectivity index (χ4v) is 3.52. The number of carbonyl (C=O) groups is 1. The number of nitrogens with one attached hydrogen (secondary N) is 1. The molecule has 0 unspecified atom stereocenters. The molecule has 7 heteroatoms. The highest BCUT2D eigenvalue weighted by molar-refractivity contribution is 5.95. The zero-order valence-corrected chi connectivity index (χ0v) is 16.3. The Morgan fingerprint density at radius 3 is 2.62 bits per heavy atom. The summed E-state index contributed by atoms with van der Waals surface area (Å²) in [6, 6.07) is 11.5. The summed E-state index contributed by atoms with van der Waals surface area (Å²) in [6.45, 7) is 5.91. The molecule has 1 aliphatic rings. The summed E-state index contributed by atoms with van der Waals surface area (Å²) >= 11 is 0. The molecule has 3 aromatic rings. The summed E-state index contributed by atoms with van der Waals surface area (Å²) in [6.07, 6.45) is 4.95. The van der Waals surface area contributed by atoms with Crippen LogP contribution in [0, 0.1) is 6.92 Å². The van der Waals surface area contributed by atoms with Crippen molar-refractivity contribution in [3.8, 4) is 11.1 Å². The van der Waals surface area contributed by atoms with Gasteiger partial charge in [-0.1, -0.05) is 18.2 Å². The molecule has 1 amide bonds. The minimum atomic E-state index is -0.389. The molecule has 1 aliphatic heterocycles. The van der Waals surface area contributed by atoms with Crippen LogP contribution in [0.25, 0.3) is 11.1 Å². The van der Waals surface area contributed by atoms with Gasteiger partial charge in [-0.25, -0.2) is 9.78 Å². The molecule has 3 heterocycles. The van der Waals surface area contributed by atoms with E-state index < -0.39 is 0 Å². The Labute approximate surface area is 169 Å². The maximum absolute atomic E-state index is 13.0. The second-order valence-electron chi connectivity index (χ2n) is 7.22. The highest BCUT2D eigenvalue weighted by Crippen LogP contribution is 2.20. The number of H-pyrrole nitrogens is 1. The number of hydrogen-bond donors (Lipinski definition) is 1. The lowest BCUT2D eigenvalue weighted by Crippen LogP contribution is -2.48. The van der Waals surface area contributed by atoms with Crippen molar-refractivity contribution in [1.29, 1.82) is 0 Å². The molecule has 1 aromatic carbocycles. The molecule has 0 bridgehead atoms. The third-order valence-electron chi connectivity index (χ3n) is 5.27. The highest BCUT2D eigenvalue weighted by atomic mass is 16.2. The van der Waals surface area contributed by atoms with Gasteiger partial charge in [0.2, 0.25) is 0 Å². The van der Waals surface area contributed by atoms with Crippen molar-refractivity contribution in [3.05, 3.63) is 82.3 Å². The number of carbonyl (C=O) groups excluding carboxylic acids is 1. The fourth-order valence-electron chi connectivity index (χ4n) is 3.52. The van der Waals surface area contributed by atoms with Crippen LogP contribution in [0.15, 0.2) is 59.8 Å². The minimum Gasteiger partial charge on any atom is -0.336 e. The molecule has 2 aromatic heterocycles. The topological polar surface area (TPSA) is 82.2 Å². The molecule has 148 valence electrons. The number of pyridine rings is 1. The van der Waals surface area contributed by atoms with E-state index in [1.165, 1.54) is 11.8 Å². The standard InChI is InChI=1S/C22H23N5O2/c1-16-4-3-7-23-20(16)15-26-8-10-27(11-9-26)21(28)18-6-2-5-17(12-18)19-13-24-22(29)25-14-19/h2-7,12-14H,8-11,15H2,1H3,(H,24,25,29). The molecule has 0 saturated carbocycles. The summed E-state index contributed by atoms with van der Waals surface area (Å²) in [5.41, 5.74) is 4.16. The van der Waals surface area contributed by atoms with Crippen molar-refractivity contribution in [2.45, 2.75) is 13.5 Å². The van der Waals surface area contributed by atoms with E-state index in [1.807, 2.05) is 41.4 Å². The van der Waals surface area contributed by atoms with E-state index in [1.54, 1.807) is 6.20 Å². The van der Waals surface area contributed by atoms with Crippen LogP contribution < -0.4 is 5.69 Å². The third-order valence-corrected chi connectivity index (χ3v) is 5.27. The Hall–Kier alpha value is -3.32. The largest absolute Gasteiger partial charge is 0.344 e. The average Bonchev–Trinajstić information content (AvgIpc) is 2.76. The van der Waals surface area contributed by atoms with Crippen molar-refractivity contribution >= 4 is 5.91 Å². The lowest BCUT2D eigenvalue weighted by molar-refractivity contribution is 0.0627. The van der Waals surface area contributed by atoms with Gasteiger partial charge in [0, 0.05) is 62.4 Å². The quantitative estimate of drug-likeness (QED) is 0.739. The number of nitrogens with zero attached hydrogens (tertiary/aromatic N) is 4. The van der Waals surface area contributed by atoms with Gasteiger partial charge < -0.3 is 9.88 Å². The molecule has 0 radical (unpaired) electrons. The van der Waals surface area contributed by atoms with Gasteiger partial charge in [0.1, 0.15) is 0 Å². The molecular weight excluding hydrogens is 366 g/mol. The van der Waals surface area contributed by atoms with Gasteiger partial charge in [-0.15, -0.1) is 0 Å². The predicted octanol–water partition coefficient (Wildman–Crippen LogP) is 2.10. The summed E-state index contributed by atoms with van der Waals surface area (Å²) in [5.74, 6) is 0.0258. The van der Waals surface area contributed by atoms with Gasteiger partial charge in [-0.05, 0) is 36.2 Å². The number of hydrogen-bond acceptors (Lipinski definition) is 5. The first-order valence-electron chi connectivity index (χ1n) is 9.67. The second-order valence-corrected chi connectivity index (χ2v) is 7.22. The average molecular weight is 389 g/mol. The Morgan fingerprint density at radius 1 is 1.07 bits per heavy atom. The van der Waals surface area contributed by atoms with Crippen molar-refractivity contribution in [1.82, 2.24) is 24.8 Å². The maximum atomic E-state index is 13.0. The fraction of sp³-hybridized carbons (Fsp3) is 0.273. The van der Waals surface area contributed by atoms with Crippen LogP contribution >= 0.6 is 0 Å². The van der Waals surface area contributed by atoms with Gasteiger partial charge in [-0.3, -0.25) is 14.7 Å². The van der Waals surface area contributed by atoms with E-state index in [-0.39, 0.29) is 11.6 Å². The molecule has 1 N–H and O–H groups in total. The van der Waals surface area contributed by atoms with Crippen molar-refractivity contribution in [2.24, 2.45) is 0 Å². The predicted molar refractivity (Wildman–Crippen MR) is 110 cm³/mol. The number of aromatic amines is 1. The summed E-state index contributed by atoms with van der Waals surface area (Å²) in [5, 5.41) is 0. The zero-order chi connectivity index (χ0) is 20.2. The van der Waals surface area contributed by atoms with Crippen LogP contribution in [0.2, 0.25) is 0 Å². The van der Waals surface area contributed by atoms with Crippen molar-refractivity contribution < 1.29 is 4.79 Å². The third kappa shape index (κ3) is 4.41. The number of aryl methyl sites for hydroxylation is 1. The number of rotatable bonds is 4. The summed E-state index contributed by atoms with van der Waals surface area (Å²) in [7, 11) is 0. The molecule has 1 saturated heterocycles. The van der Waals surface area contributed by atoms with Gasteiger partial charge >= 0.3 is 5.69 Å². The van der Waals surface area contributed by atoms with Crippen LogP contribution in [0.3, 0.4) is 0 Å². The Kier molecular flexibility index (Phi) is 5.48. The van der Waals surface area contributed by atoms with Gasteiger partial charge in [0.05, 0.1) is 5.69 Å². The molecule has 29 heavy (non-hydrogen) atoms. The van der Waals surface area contributed by atoms with Gasteiger partial charge in [-0.2, -0.15) is 0 Å². The minimum absolute atomic E-state index is 0.0258. The first-order valence-corrected chi connectivity index (χ1v) is 9.67.